The zero-order valence-electron chi connectivity index (χ0n) is 11.0. The van der Waals surface area contributed by atoms with Gasteiger partial charge in [-0.25, -0.2) is 4.39 Å². The van der Waals surface area contributed by atoms with Crippen molar-refractivity contribution in [2.75, 3.05) is 0 Å². The highest BCUT2D eigenvalue weighted by molar-refractivity contribution is 6.35. The van der Waals surface area contributed by atoms with Crippen LogP contribution < -0.4 is 4.74 Å². The zero-order chi connectivity index (χ0) is 15.0. The molecule has 0 heterocycles. The minimum Gasteiger partial charge on any atom is -0.489 e. The van der Waals surface area contributed by atoms with Crippen molar-refractivity contribution in [2.45, 2.75) is 19.4 Å². The first-order chi connectivity index (χ1) is 10.1. The summed E-state index contributed by atoms with van der Waals surface area (Å²) >= 11 is 12.1. The normalized spacial score (nSPS) is 13.4. The molecule has 0 unspecified atom stereocenters. The van der Waals surface area contributed by atoms with E-state index in [0.717, 1.165) is 0 Å². The molecule has 2 aromatic rings. The lowest BCUT2D eigenvalue weighted by atomic mass is 10.1. The number of halogens is 3. The van der Waals surface area contributed by atoms with Crippen LogP contribution in [0.3, 0.4) is 0 Å². The van der Waals surface area contributed by atoms with Gasteiger partial charge in [0.2, 0.25) is 0 Å². The van der Waals surface area contributed by atoms with Crippen LogP contribution in [-0.4, -0.2) is 5.78 Å². The van der Waals surface area contributed by atoms with Crippen LogP contribution in [0, 0.1) is 5.82 Å². The second kappa shape index (κ2) is 5.66. The number of carbonyl (C=O) groups is 1. The first kappa shape index (κ1) is 14.4. The molecular weight excluding hydrogens is 314 g/mol. The quantitative estimate of drug-likeness (QED) is 0.807. The van der Waals surface area contributed by atoms with Crippen LogP contribution in [0.4, 0.5) is 4.39 Å². The van der Waals surface area contributed by atoms with Crippen molar-refractivity contribution in [3.8, 4) is 5.75 Å². The van der Waals surface area contributed by atoms with Gasteiger partial charge in [0.05, 0.1) is 5.56 Å². The number of rotatable bonds is 3. The third-order valence-corrected chi connectivity index (χ3v) is 4.20. The van der Waals surface area contributed by atoms with E-state index in [2.05, 4.69) is 0 Å². The van der Waals surface area contributed by atoms with Gasteiger partial charge in [0.25, 0.3) is 0 Å². The van der Waals surface area contributed by atoms with Gasteiger partial charge < -0.3 is 4.74 Å². The first-order valence-corrected chi connectivity index (χ1v) is 7.23. The van der Waals surface area contributed by atoms with Crippen molar-refractivity contribution in [3.05, 3.63) is 62.9 Å². The highest BCUT2D eigenvalue weighted by atomic mass is 35.5. The molecule has 0 aromatic heterocycles. The highest BCUT2D eigenvalue weighted by Crippen LogP contribution is 2.31. The van der Waals surface area contributed by atoms with Gasteiger partial charge >= 0.3 is 0 Å². The number of carbonyl (C=O) groups excluding carboxylic acids is 1. The molecule has 2 aromatic carbocycles. The minimum atomic E-state index is -0.532. The van der Waals surface area contributed by atoms with Crippen LogP contribution in [0.2, 0.25) is 10.0 Å². The van der Waals surface area contributed by atoms with E-state index in [1.807, 2.05) is 0 Å². The van der Waals surface area contributed by atoms with E-state index in [1.54, 1.807) is 24.3 Å². The maximum absolute atomic E-state index is 13.9. The topological polar surface area (TPSA) is 26.3 Å². The van der Waals surface area contributed by atoms with Crippen LogP contribution >= 0.6 is 23.2 Å². The molecule has 0 aliphatic heterocycles. The van der Waals surface area contributed by atoms with Gasteiger partial charge in [0.15, 0.2) is 5.78 Å². The van der Waals surface area contributed by atoms with Crippen LogP contribution in [-0.2, 0) is 13.0 Å². The van der Waals surface area contributed by atoms with Crippen LogP contribution in [0.1, 0.15) is 27.9 Å². The molecule has 0 spiro atoms. The molecular formula is C16H11Cl2FO2. The number of benzene rings is 2. The largest absolute Gasteiger partial charge is 0.489 e. The van der Waals surface area contributed by atoms with Crippen molar-refractivity contribution in [1.82, 2.24) is 0 Å². The van der Waals surface area contributed by atoms with E-state index >= 15 is 0 Å². The third-order valence-electron chi connectivity index (χ3n) is 3.49. The van der Waals surface area contributed by atoms with E-state index < -0.39 is 5.82 Å². The van der Waals surface area contributed by atoms with E-state index in [0.29, 0.717) is 39.8 Å². The Morgan fingerprint density at radius 1 is 1.14 bits per heavy atom. The van der Waals surface area contributed by atoms with Gasteiger partial charge in [-0.05, 0) is 30.2 Å². The second-order valence-electron chi connectivity index (χ2n) is 4.85. The molecule has 0 saturated carbocycles. The summed E-state index contributed by atoms with van der Waals surface area (Å²) in [5, 5.41) is 0.999. The standard InChI is InChI=1S/C16H11Cl2FO2/c17-12-2-1-3-13(18)11(12)8-21-10-6-9-4-5-15(20)16(9)14(19)7-10/h1-3,6-7H,4-5,8H2. The molecule has 5 heteroatoms. The summed E-state index contributed by atoms with van der Waals surface area (Å²) < 4.78 is 19.5. The van der Waals surface area contributed by atoms with Crippen LogP contribution in [0.25, 0.3) is 0 Å². The number of ether oxygens (including phenoxy) is 1. The van der Waals surface area contributed by atoms with E-state index in [1.165, 1.54) is 6.07 Å². The molecule has 0 N–H and O–H groups in total. The maximum Gasteiger partial charge on any atom is 0.166 e. The molecule has 0 atom stereocenters. The fraction of sp³-hybridized carbons (Fsp3) is 0.188. The summed E-state index contributed by atoms with van der Waals surface area (Å²) in [6.45, 7) is 0.144. The first-order valence-electron chi connectivity index (χ1n) is 6.47. The summed E-state index contributed by atoms with van der Waals surface area (Å²) in [7, 11) is 0. The Labute approximate surface area is 131 Å². The molecule has 0 saturated heterocycles. The fourth-order valence-electron chi connectivity index (χ4n) is 2.43. The van der Waals surface area contributed by atoms with E-state index in [4.69, 9.17) is 27.9 Å². The van der Waals surface area contributed by atoms with Gasteiger partial charge in [0, 0.05) is 28.1 Å². The Morgan fingerprint density at radius 3 is 2.57 bits per heavy atom. The summed E-state index contributed by atoms with van der Waals surface area (Å²) in [6.07, 6.45) is 0.904. The predicted molar refractivity (Wildman–Crippen MR) is 79.8 cm³/mol. The number of fused-ring (bicyclic) bond motifs is 1. The van der Waals surface area contributed by atoms with Crippen molar-refractivity contribution < 1.29 is 13.9 Å². The van der Waals surface area contributed by atoms with Gasteiger partial charge in [-0.1, -0.05) is 29.3 Å². The highest BCUT2D eigenvalue weighted by Gasteiger charge is 2.24. The Morgan fingerprint density at radius 2 is 1.86 bits per heavy atom. The predicted octanol–water partition coefficient (Wildman–Crippen LogP) is 4.84. The molecule has 3 rings (SSSR count). The van der Waals surface area contributed by atoms with Gasteiger partial charge in [0.1, 0.15) is 18.2 Å². The Balaban J connectivity index is 1.84. The summed E-state index contributed by atoms with van der Waals surface area (Å²) in [4.78, 5) is 11.6. The fourth-order valence-corrected chi connectivity index (χ4v) is 2.93. The number of ketones is 1. The van der Waals surface area contributed by atoms with Crippen molar-refractivity contribution in [3.63, 3.8) is 0 Å². The number of hydrogen-bond acceptors (Lipinski definition) is 2. The Bertz CT molecular complexity index is 708. The number of hydrogen-bond donors (Lipinski definition) is 0. The lowest BCUT2D eigenvalue weighted by molar-refractivity contribution is 0.0991. The van der Waals surface area contributed by atoms with Gasteiger partial charge in [-0.2, -0.15) is 0 Å². The Hall–Kier alpha value is -1.58. The monoisotopic (exact) mass is 324 g/mol. The average Bonchev–Trinajstić information content (AvgIpc) is 2.80. The minimum absolute atomic E-state index is 0.144. The third kappa shape index (κ3) is 2.76. The van der Waals surface area contributed by atoms with E-state index in [9.17, 15) is 9.18 Å². The molecule has 1 aliphatic carbocycles. The molecule has 2 nitrogen and oxygen atoms in total. The lowest BCUT2D eigenvalue weighted by Crippen LogP contribution is -2.01. The van der Waals surface area contributed by atoms with Crippen molar-refractivity contribution in [2.24, 2.45) is 0 Å². The molecule has 0 radical (unpaired) electrons. The van der Waals surface area contributed by atoms with Crippen LogP contribution in [0.5, 0.6) is 5.75 Å². The Kier molecular flexibility index (Phi) is 3.87. The van der Waals surface area contributed by atoms with Gasteiger partial charge in [-0.15, -0.1) is 0 Å². The summed E-state index contributed by atoms with van der Waals surface area (Å²) in [5.41, 5.74) is 1.54. The molecule has 0 amide bonds. The molecule has 21 heavy (non-hydrogen) atoms. The van der Waals surface area contributed by atoms with Gasteiger partial charge in [-0.3, -0.25) is 4.79 Å². The van der Waals surface area contributed by atoms with Crippen molar-refractivity contribution >= 4 is 29.0 Å². The molecule has 0 bridgehead atoms. The molecule has 108 valence electrons. The average molecular weight is 325 g/mol. The zero-order valence-corrected chi connectivity index (χ0v) is 12.5. The summed E-state index contributed by atoms with van der Waals surface area (Å²) in [5.74, 6) is -0.310. The molecule has 1 aliphatic rings. The number of Topliss-reactive ketones (excluding diaryl/α,β-unsaturated/α-hetero) is 1. The molecule has 0 fully saturated rings. The van der Waals surface area contributed by atoms with Crippen LogP contribution in [0.15, 0.2) is 30.3 Å². The maximum atomic E-state index is 13.9. The second-order valence-corrected chi connectivity index (χ2v) is 5.67. The smallest absolute Gasteiger partial charge is 0.166 e. The SMILES string of the molecule is O=C1CCc2cc(OCc3c(Cl)cccc3Cl)cc(F)c21. The lowest BCUT2D eigenvalue weighted by Gasteiger charge is -2.11. The van der Waals surface area contributed by atoms with Crippen molar-refractivity contribution in [1.29, 1.82) is 0 Å². The number of aryl methyl sites for hydroxylation is 1. The summed E-state index contributed by atoms with van der Waals surface area (Å²) in [6, 6.07) is 8.11. The van der Waals surface area contributed by atoms with E-state index in [-0.39, 0.29) is 18.0 Å².